The van der Waals surface area contributed by atoms with Gasteiger partial charge in [0, 0.05) is 24.5 Å². The Morgan fingerprint density at radius 3 is 2.46 bits per heavy atom. The number of alkyl carbamates (subject to hydrolysis) is 1. The van der Waals surface area contributed by atoms with Gasteiger partial charge in [-0.25, -0.2) is 4.79 Å². The van der Waals surface area contributed by atoms with Crippen LogP contribution in [0.25, 0.3) is 0 Å². The summed E-state index contributed by atoms with van der Waals surface area (Å²) in [4.78, 5) is 51.8. The Morgan fingerprint density at radius 2 is 1.89 bits per heavy atom. The van der Waals surface area contributed by atoms with Crippen LogP contribution in [0.1, 0.15) is 23.5 Å². The van der Waals surface area contributed by atoms with Gasteiger partial charge in [-0.15, -0.1) is 11.3 Å². The van der Waals surface area contributed by atoms with Gasteiger partial charge in [0.05, 0.1) is 21.9 Å². The van der Waals surface area contributed by atoms with Crippen LogP contribution in [-0.2, 0) is 19.1 Å². The largest absolute Gasteiger partial charge is 0.447 e. The maximum atomic E-state index is 14.1. The molecule has 0 radical (unpaired) electrons. The highest BCUT2D eigenvalue weighted by Crippen LogP contribution is 2.25. The van der Waals surface area contributed by atoms with Crippen LogP contribution >= 0.6 is 22.9 Å². The Labute approximate surface area is 220 Å². The van der Waals surface area contributed by atoms with Crippen molar-refractivity contribution in [3.05, 3.63) is 45.6 Å². The SMILES string of the molecule is CC(C)OC(=O)N[C@H](CNC(=O)c1ccc(Cl)s1)C(=O)N(c1ccc(N2CCOCC2=O)cc1)C(F)F. The summed E-state index contributed by atoms with van der Waals surface area (Å²) in [6.07, 6.45) is -1.56. The van der Waals surface area contributed by atoms with Gasteiger partial charge in [0.15, 0.2) is 0 Å². The van der Waals surface area contributed by atoms with Crippen molar-refractivity contribution in [2.24, 2.45) is 0 Å². The first-order valence-corrected chi connectivity index (χ1v) is 12.4. The molecule has 0 bridgehead atoms. The van der Waals surface area contributed by atoms with E-state index in [2.05, 4.69) is 10.6 Å². The number of benzene rings is 1. The monoisotopic (exact) mass is 558 g/mol. The average Bonchev–Trinajstić information content (AvgIpc) is 3.28. The van der Waals surface area contributed by atoms with Gasteiger partial charge in [0.2, 0.25) is 0 Å². The second-order valence-electron chi connectivity index (χ2n) is 8.07. The van der Waals surface area contributed by atoms with Gasteiger partial charge < -0.3 is 25.0 Å². The quantitative estimate of drug-likeness (QED) is 0.456. The highest BCUT2D eigenvalue weighted by molar-refractivity contribution is 7.18. The number of carbonyl (C=O) groups excluding carboxylic acids is 4. The van der Waals surface area contributed by atoms with Crippen LogP contribution in [0.15, 0.2) is 36.4 Å². The zero-order valence-corrected chi connectivity index (χ0v) is 21.5. The molecule has 200 valence electrons. The average molecular weight is 559 g/mol. The fraction of sp³-hybridized carbons (Fsp3) is 0.391. The number of halogens is 3. The number of rotatable bonds is 9. The van der Waals surface area contributed by atoms with Gasteiger partial charge in [0.25, 0.3) is 17.7 Å². The molecule has 2 aromatic rings. The molecule has 14 heteroatoms. The van der Waals surface area contributed by atoms with Crippen LogP contribution in [0, 0.1) is 0 Å². The first-order chi connectivity index (χ1) is 17.6. The van der Waals surface area contributed by atoms with Crippen LogP contribution in [0.2, 0.25) is 4.34 Å². The van der Waals surface area contributed by atoms with E-state index >= 15 is 0 Å². The lowest BCUT2D eigenvalue weighted by Gasteiger charge is -2.29. The van der Waals surface area contributed by atoms with Crippen molar-refractivity contribution >= 4 is 58.1 Å². The van der Waals surface area contributed by atoms with E-state index in [1.165, 1.54) is 41.3 Å². The molecule has 2 N–H and O–H groups in total. The molecular weight excluding hydrogens is 534 g/mol. The van der Waals surface area contributed by atoms with Crippen molar-refractivity contribution in [3.63, 3.8) is 0 Å². The minimum Gasteiger partial charge on any atom is -0.447 e. The Bertz CT molecular complexity index is 1130. The summed E-state index contributed by atoms with van der Waals surface area (Å²) < 4.78 is 38.6. The molecule has 1 fully saturated rings. The van der Waals surface area contributed by atoms with Gasteiger partial charge in [-0.3, -0.25) is 19.3 Å². The van der Waals surface area contributed by atoms with Crippen LogP contribution in [0.3, 0.4) is 0 Å². The number of morpholine rings is 1. The maximum Gasteiger partial charge on any atom is 0.408 e. The van der Waals surface area contributed by atoms with Crippen molar-refractivity contribution in [2.45, 2.75) is 32.5 Å². The summed E-state index contributed by atoms with van der Waals surface area (Å²) in [7, 11) is 0. The van der Waals surface area contributed by atoms with Gasteiger partial charge >= 0.3 is 12.6 Å². The van der Waals surface area contributed by atoms with Gasteiger partial charge in [-0.1, -0.05) is 11.6 Å². The molecule has 4 amide bonds. The number of nitrogens with one attached hydrogen (secondary N) is 2. The molecule has 3 rings (SSSR count). The van der Waals surface area contributed by atoms with Gasteiger partial charge in [-0.05, 0) is 50.2 Å². The summed E-state index contributed by atoms with van der Waals surface area (Å²) in [5.74, 6) is -2.07. The Morgan fingerprint density at radius 1 is 1.19 bits per heavy atom. The second-order valence-corrected chi connectivity index (χ2v) is 9.78. The van der Waals surface area contributed by atoms with Crippen molar-refractivity contribution in [3.8, 4) is 0 Å². The molecule has 0 spiro atoms. The van der Waals surface area contributed by atoms with Crippen LogP contribution in [0.4, 0.5) is 25.0 Å². The number of hydrogen-bond donors (Lipinski definition) is 2. The molecule has 0 unspecified atom stereocenters. The van der Waals surface area contributed by atoms with Crippen LogP contribution in [-0.4, -0.2) is 68.8 Å². The fourth-order valence-corrected chi connectivity index (χ4v) is 4.36. The summed E-state index contributed by atoms with van der Waals surface area (Å²) in [6, 6.07) is 6.77. The fourth-order valence-electron chi connectivity index (χ4n) is 3.40. The molecular formula is C23H25ClF2N4O6S. The third-order valence-electron chi connectivity index (χ3n) is 5.05. The third-order valence-corrected chi connectivity index (χ3v) is 6.28. The summed E-state index contributed by atoms with van der Waals surface area (Å²) in [6.45, 7) is -0.0832. The van der Waals surface area contributed by atoms with E-state index in [9.17, 15) is 28.0 Å². The Kier molecular flexibility index (Phi) is 9.78. The number of hydrogen-bond acceptors (Lipinski definition) is 7. The van der Waals surface area contributed by atoms with E-state index in [0.29, 0.717) is 23.2 Å². The third kappa shape index (κ3) is 7.60. The molecule has 1 aliphatic heterocycles. The molecule has 1 aromatic heterocycles. The minimum absolute atomic E-state index is 0.0907. The predicted molar refractivity (Wildman–Crippen MR) is 133 cm³/mol. The molecule has 1 aliphatic rings. The lowest BCUT2D eigenvalue weighted by atomic mass is 10.2. The van der Waals surface area contributed by atoms with Crippen LogP contribution < -0.4 is 20.4 Å². The van der Waals surface area contributed by atoms with Crippen LogP contribution in [0.5, 0.6) is 0 Å². The summed E-state index contributed by atoms with van der Waals surface area (Å²) >= 11 is 6.83. The summed E-state index contributed by atoms with van der Waals surface area (Å²) in [5.41, 5.74) is 0.278. The zero-order chi connectivity index (χ0) is 27.1. The normalized spacial score (nSPS) is 14.5. The smallest absolute Gasteiger partial charge is 0.408 e. The van der Waals surface area contributed by atoms with E-state index in [1.54, 1.807) is 13.8 Å². The molecule has 1 aromatic carbocycles. The topological polar surface area (TPSA) is 117 Å². The van der Waals surface area contributed by atoms with Crippen molar-refractivity contribution in [1.82, 2.24) is 10.6 Å². The van der Waals surface area contributed by atoms with Gasteiger partial charge in [-0.2, -0.15) is 8.78 Å². The maximum absolute atomic E-state index is 14.1. The van der Waals surface area contributed by atoms with Crippen molar-refractivity contribution in [2.75, 3.05) is 36.1 Å². The molecule has 1 saturated heterocycles. The summed E-state index contributed by atoms with van der Waals surface area (Å²) in [5, 5.41) is 4.69. The molecule has 37 heavy (non-hydrogen) atoms. The predicted octanol–water partition coefficient (Wildman–Crippen LogP) is 3.25. The molecule has 0 aliphatic carbocycles. The van der Waals surface area contributed by atoms with E-state index < -0.39 is 43.1 Å². The van der Waals surface area contributed by atoms with E-state index in [4.69, 9.17) is 21.1 Å². The van der Waals surface area contributed by atoms with Gasteiger partial charge in [0.1, 0.15) is 12.6 Å². The number of anilines is 2. The van der Waals surface area contributed by atoms with E-state index in [0.717, 1.165) is 11.3 Å². The minimum atomic E-state index is -3.28. The Balaban J connectivity index is 1.80. The highest BCUT2D eigenvalue weighted by atomic mass is 35.5. The lowest BCUT2D eigenvalue weighted by molar-refractivity contribution is -0.125. The lowest BCUT2D eigenvalue weighted by Crippen LogP contribution is -2.55. The zero-order valence-electron chi connectivity index (χ0n) is 19.9. The van der Waals surface area contributed by atoms with Crippen molar-refractivity contribution < 1.29 is 37.4 Å². The molecule has 0 saturated carbocycles. The second kappa shape index (κ2) is 12.8. The molecule has 2 heterocycles. The number of thiophene rings is 1. The first-order valence-electron chi connectivity index (χ1n) is 11.2. The van der Waals surface area contributed by atoms with E-state index in [1.807, 2.05) is 0 Å². The highest BCUT2D eigenvalue weighted by Gasteiger charge is 2.33. The Hall–Kier alpha value is -3.29. The number of carbonyl (C=O) groups is 4. The number of amides is 4. The first kappa shape index (κ1) is 28.3. The van der Waals surface area contributed by atoms with Crippen molar-refractivity contribution in [1.29, 1.82) is 0 Å². The number of nitrogens with zero attached hydrogens (tertiary/aromatic N) is 2. The number of alkyl halides is 2. The van der Waals surface area contributed by atoms with E-state index in [-0.39, 0.29) is 28.0 Å². The standard InChI is InChI=1S/C23H25ClF2N4O6S/c1-13(2)36-23(34)28-16(11-27-20(32)17-7-8-18(24)37-17)21(33)30(22(25)26)15-5-3-14(4-6-15)29-9-10-35-12-19(29)31/h3-8,13,16,22H,9-12H2,1-2H3,(H,27,32)(H,28,34)/t16-/m1/s1. The number of ether oxygens (including phenoxy) is 2. The molecule has 1 atom stereocenters. The molecule has 10 nitrogen and oxygen atoms in total.